The lowest BCUT2D eigenvalue weighted by molar-refractivity contribution is 0.616. The molecule has 1 aromatic rings. The summed E-state index contributed by atoms with van der Waals surface area (Å²) >= 11 is 3.57. The molecule has 0 spiro atoms. The van der Waals surface area contributed by atoms with Crippen molar-refractivity contribution in [3.8, 4) is 0 Å². The largest absolute Gasteiger partial charge is 0.0876 e. The standard InChI is InChI=1S/C21H29Br/c1-13(2)20-10-18(7-14(3)17(20)6)11-21-15(4)8-19(12-22)9-16(21)5/h8-10,13-14H,7,11-12H2,1-6H3. The number of halogens is 1. The highest BCUT2D eigenvalue weighted by atomic mass is 79.9. The molecule has 0 bridgehead atoms. The number of alkyl halides is 1. The van der Waals surface area contributed by atoms with Gasteiger partial charge in [-0.15, -0.1) is 0 Å². The van der Waals surface area contributed by atoms with Crippen LogP contribution in [-0.2, 0) is 11.8 Å². The summed E-state index contributed by atoms with van der Waals surface area (Å²) in [5, 5.41) is 0.939. The molecule has 2 rings (SSSR count). The molecule has 0 saturated heterocycles. The van der Waals surface area contributed by atoms with Crippen LogP contribution < -0.4 is 0 Å². The minimum Gasteiger partial charge on any atom is -0.0876 e. The van der Waals surface area contributed by atoms with Crippen LogP contribution in [0, 0.1) is 25.7 Å². The molecule has 0 aromatic heterocycles. The van der Waals surface area contributed by atoms with Crippen LogP contribution in [0.3, 0.4) is 0 Å². The quantitative estimate of drug-likeness (QED) is 0.525. The Morgan fingerprint density at radius 2 is 1.73 bits per heavy atom. The number of aryl methyl sites for hydroxylation is 2. The average molecular weight is 361 g/mol. The lowest BCUT2D eigenvalue weighted by Crippen LogP contribution is -2.12. The molecule has 22 heavy (non-hydrogen) atoms. The number of benzene rings is 1. The smallest absolute Gasteiger partial charge is 0.0283 e. The summed E-state index contributed by atoms with van der Waals surface area (Å²) < 4.78 is 0. The fourth-order valence-electron chi connectivity index (χ4n) is 3.63. The van der Waals surface area contributed by atoms with Crippen LogP contribution in [-0.4, -0.2) is 0 Å². The van der Waals surface area contributed by atoms with Crippen LogP contribution in [0.25, 0.3) is 0 Å². The molecule has 0 fully saturated rings. The Morgan fingerprint density at radius 3 is 2.23 bits per heavy atom. The van der Waals surface area contributed by atoms with Crippen LogP contribution in [0.1, 0.15) is 56.4 Å². The number of hydrogen-bond acceptors (Lipinski definition) is 0. The van der Waals surface area contributed by atoms with Gasteiger partial charge in [0.15, 0.2) is 0 Å². The van der Waals surface area contributed by atoms with E-state index in [0.717, 1.165) is 11.8 Å². The van der Waals surface area contributed by atoms with Gasteiger partial charge in [-0.2, -0.15) is 0 Å². The summed E-state index contributed by atoms with van der Waals surface area (Å²) in [6.07, 6.45) is 4.80. The fourth-order valence-corrected chi connectivity index (χ4v) is 3.96. The van der Waals surface area contributed by atoms with Crippen molar-refractivity contribution in [2.24, 2.45) is 11.8 Å². The average Bonchev–Trinajstić information content (AvgIpc) is 2.45. The summed E-state index contributed by atoms with van der Waals surface area (Å²) in [5.74, 6) is 1.30. The molecular weight excluding hydrogens is 332 g/mol. The predicted octanol–water partition coefficient (Wildman–Crippen LogP) is 6.68. The Bertz CT molecular complexity index is 594. The Balaban J connectivity index is 2.34. The summed E-state index contributed by atoms with van der Waals surface area (Å²) in [5.41, 5.74) is 10.5. The number of rotatable bonds is 4. The monoisotopic (exact) mass is 360 g/mol. The fraction of sp³-hybridized carbons (Fsp3) is 0.524. The van der Waals surface area contributed by atoms with Gasteiger partial charge in [0.05, 0.1) is 0 Å². The molecule has 0 aliphatic heterocycles. The Morgan fingerprint density at radius 1 is 1.14 bits per heavy atom. The normalized spacial score (nSPS) is 18.9. The summed E-state index contributed by atoms with van der Waals surface area (Å²) in [6.45, 7) is 13.8. The molecule has 0 saturated carbocycles. The van der Waals surface area contributed by atoms with Gasteiger partial charge in [-0.05, 0) is 73.3 Å². The first-order valence-corrected chi connectivity index (χ1v) is 9.50. The predicted molar refractivity (Wildman–Crippen MR) is 102 cm³/mol. The third kappa shape index (κ3) is 3.74. The van der Waals surface area contributed by atoms with Crippen LogP contribution in [0.2, 0.25) is 0 Å². The molecule has 0 nitrogen and oxygen atoms in total. The molecule has 0 heterocycles. The molecule has 1 aliphatic rings. The summed E-state index contributed by atoms with van der Waals surface area (Å²) in [6, 6.07) is 4.66. The van der Waals surface area contributed by atoms with E-state index >= 15 is 0 Å². The van der Waals surface area contributed by atoms with Crippen LogP contribution in [0.15, 0.2) is 34.9 Å². The van der Waals surface area contributed by atoms with E-state index in [-0.39, 0.29) is 0 Å². The van der Waals surface area contributed by atoms with Crippen molar-refractivity contribution < 1.29 is 0 Å². The first-order valence-electron chi connectivity index (χ1n) is 8.38. The van der Waals surface area contributed by atoms with Gasteiger partial charge >= 0.3 is 0 Å². The molecule has 1 unspecified atom stereocenters. The van der Waals surface area contributed by atoms with E-state index in [4.69, 9.17) is 0 Å². The lowest BCUT2D eigenvalue weighted by atomic mass is 9.79. The summed E-state index contributed by atoms with van der Waals surface area (Å²) in [4.78, 5) is 0. The van der Waals surface area contributed by atoms with E-state index < -0.39 is 0 Å². The molecule has 0 amide bonds. The first kappa shape index (κ1) is 17.5. The SMILES string of the molecule is CC1=C(C(C)C)C=C(Cc2c(C)cc(CBr)cc2C)CC1C. The second-order valence-electron chi connectivity index (χ2n) is 7.22. The van der Waals surface area contributed by atoms with E-state index in [2.05, 4.69) is 75.7 Å². The van der Waals surface area contributed by atoms with Crippen molar-refractivity contribution in [1.82, 2.24) is 0 Å². The van der Waals surface area contributed by atoms with Gasteiger partial charge < -0.3 is 0 Å². The molecule has 1 atom stereocenters. The first-order chi connectivity index (χ1) is 10.3. The van der Waals surface area contributed by atoms with Gasteiger partial charge in [-0.25, -0.2) is 0 Å². The molecule has 0 radical (unpaired) electrons. The molecular formula is C21H29Br. The highest BCUT2D eigenvalue weighted by molar-refractivity contribution is 9.08. The van der Waals surface area contributed by atoms with Crippen LogP contribution >= 0.6 is 15.9 Å². The zero-order chi connectivity index (χ0) is 16.4. The van der Waals surface area contributed by atoms with Crippen LogP contribution in [0.5, 0.6) is 0 Å². The number of allylic oxidation sites excluding steroid dienone is 4. The zero-order valence-corrected chi connectivity index (χ0v) is 16.5. The van der Waals surface area contributed by atoms with E-state index in [1.54, 1.807) is 16.7 Å². The molecule has 0 N–H and O–H groups in total. The molecule has 1 aromatic carbocycles. The Kier molecular flexibility index (Phi) is 5.71. The Labute approximate surface area is 144 Å². The van der Waals surface area contributed by atoms with E-state index in [1.165, 1.54) is 28.7 Å². The second-order valence-corrected chi connectivity index (χ2v) is 7.78. The zero-order valence-electron chi connectivity index (χ0n) is 14.9. The minimum atomic E-state index is 0.621. The van der Waals surface area contributed by atoms with Crippen molar-refractivity contribution >= 4 is 15.9 Å². The van der Waals surface area contributed by atoms with Crippen LogP contribution in [0.4, 0.5) is 0 Å². The van der Waals surface area contributed by atoms with Gasteiger partial charge in [0.2, 0.25) is 0 Å². The molecule has 1 aliphatic carbocycles. The van der Waals surface area contributed by atoms with Crippen molar-refractivity contribution in [2.75, 3.05) is 0 Å². The molecule has 1 heteroatoms. The maximum absolute atomic E-state index is 3.57. The third-order valence-corrected chi connectivity index (χ3v) is 5.71. The van der Waals surface area contributed by atoms with E-state index in [0.29, 0.717) is 11.8 Å². The van der Waals surface area contributed by atoms with Gasteiger partial charge in [-0.3, -0.25) is 0 Å². The van der Waals surface area contributed by atoms with Crippen molar-refractivity contribution in [2.45, 2.75) is 59.7 Å². The van der Waals surface area contributed by atoms with Gasteiger partial charge in [0, 0.05) is 5.33 Å². The Hall–Kier alpha value is -0.820. The molecule has 120 valence electrons. The van der Waals surface area contributed by atoms with Crippen molar-refractivity contribution in [3.63, 3.8) is 0 Å². The van der Waals surface area contributed by atoms with E-state index in [9.17, 15) is 0 Å². The van der Waals surface area contributed by atoms with Gasteiger partial charge in [0.25, 0.3) is 0 Å². The minimum absolute atomic E-state index is 0.621. The maximum Gasteiger partial charge on any atom is 0.0283 e. The highest BCUT2D eigenvalue weighted by Gasteiger charge is 2.20. The third-order valence-electron chi connectivity index (χ3n) is 5.06. The topological polar surface area (TPSA) is 0 Å². The lowest BCUT2D eigenvalue weighted by Gasteiger charge is -2.27. The van der Waals surface area contributed by atoms with Gasteiger partial charge in [0.1, 0.15) is 0 Å². The summed E-state index contributed by atoms with van der Waals surface area (Å²) in [7, 11) is 0. The number of hydrogen-bond donors (Lipinski definition) is 0. The second kappa shape index (κ2) is 7.17. The van der Waals surface area contributed by atoms with E-state index in [1.807, 2.05) is 0 Å². The maximum atomic E-state index is 3.57. The van der Waals surface area contributed by atoms with Crippen molar-refractivity contribution in [1.29, 1.82) is 0 Å². The highest BCUT2D eigenvalue weighted by Crippen LogP contribution is 2.35. The van der Waals surface area contributed by atoms with Gasteiger partial charge in [-0.1, -0.05) is 66.1 Å². The van der Waals surface area contributed by atoms with Crippen molar-refractivity contribution in [3.05, 3.63) is 57.2 Å².